The zero-order chi connectivity index (χ0) is 12.5. The molecule has 1 aromatic heterocycles. The van der Waals surface area contributed by atoms with E-state index in [1.807, 2.05) is 0 Å². The smallest absolute Gasteiger partial charge is 0.221 e. The Kier molecular flexibility index (Phi) is 3.12. The van der Waals surface area contributed by atoms with E-state index in [0.717, 1.165) is 19.6 Å². The van der Waals surface area contributed by atoms with Crippen molar-refractivity contribution >= 4 is 5.91 Å². The first-order valence-electron chi connectivity index (χ1n) is 6.92. The maximum absolute atomic E-state index is 11.7. The van der Waals surface area contributed by atoms with Gasteiger partial charge in [0.1, 0.15) is 0 Å². The molecule has 1 amide bonds. The lowest BCUT2D eigenvalue weighted by Gasteiger charge is -2.34. The van der Waals surface area contributed by atoms with Crippen LogP contribution >= 0.6 is 0 Å². The van der Waals surface area contributed by atoms with Gasteiger partial charge in [-0.2, -0.15) is 0 Å². The molecule has 1 N–H and O–H groups in total. The number of carbonyl (C=O) groups is 1. The van der Waals surface area contributed by atoms with E-state index in [1.54, 1.807) is 0 Å². The largest absolute Gasteiger partial charge is 0.353 e. The van der Waals surface area contributed by atoms with Crippen LogP contribution in [0.1, 0.15) is 37.9 Å². The summed E-state index contributed by atoms with van der Waals surface area (Å²) in [6.07, 6.45) is 5.10. The molecule has 3 rings (SSSR count). The highest BCUT2D eigenvalue weighted by Gasteiger charge is 2.25. The molecule has 0 spiro atoms. The maximum Gasteiger partial charge on any atom is 0.221 e. The highest BCUT2D eigenvalue weighted by molar-refractivity contribution is 5.76. The van der Waals surface area contributed by atoms with Gasteiger partial charge in [-0.05, 0) is 31.9 Å². The van der Waals surface area contributed by atoms with Crippen molar-refractivity contribution < 1.29 is 4.79 Å². The van der Waals surface area contributed by atoms with Gasteiger partial charge in [0.15, 0.2) is 0 Å². The van der Waals surface area contributed by atoms with Gasteiger partial charge in [-0.25, -0.2) is 0 Å². The molecule has 0 bridgehead atoms. The third-order valence-corrected chi connectivity index (χ3v) is 4.04. The van der Waals surface area contributed by atoms with E-state index in [9.17, 15) is 4.79 Å². The highest BCUT2D eigenvalue weighted by atomic mass is 16.1. The standard InChI is InChI=1S/C14H21N3O/c1-11-13-3-2-7-17(13)10-9-16(11)8-6-14(18)15-12-4-5-12/h2-3,7,11-12H,4-6,8-10H2,1H3,(H,15,18)/t11-/m1/s1. The van der Waals surface area contributed by atoms with Crippen molar-refractivity contribution in [2.75, 3.05) is 13.1 Å². The Bertz CT molecular complexity index is 436. The Balaban J connectivity index is 1.52. The minimum Gasteiger partial charge on any atom is -0.353 e. The molecule has 0 aromatic carbocycles. The van der Waals surface area contributed by atoms with E-state index >= 15 is 0 Å². The Morgan fingerprint density at radius 1 is 1.44 bits per heavy atom. The van der Waals surface area contributed by atoms with Gasteiger partial charge in [-0.1, -0.05) is 0 Å². The number of rotatable bonds is 4. The third-order valence-electron chi connectivity index (χ3n) is 4.04. The zero-order valence-electron chi connectivity index (χ0n) is 10.9. The van der Waals surface area contributed by atoms with E-state index in [2.05, 4.69) is 40.0 Å². The van der Waals surface area contributed by atoms with Crippen molar-refractivity contribution in [3.63, 3.8) is 0 Å². The molecule has 98 valence electrons. The highest BCUT2D eigenvalue weighted by Crippen LogP contribution is 2.25. The quantitative estimate of drug-likeness (QED) is 0.876. The fourth-order valence-electron chi connectivity index (χ4n) is 2.71. The summed E-state index contributed by atoms with van der Waals surface area (Å²) in [4.78, 5) is 14.1. The Hall–Kier alpha value is -1.29. The fourth-order valence-corrected chi connectivity index (χ4v) is 2.71. The van der Waals surface area contributed by atoms with Crippen LogP contribution < -0.4 is 5.32 Å². The van der Waals surface area contributed by atoms with Crippen molar-refractivity contribution in [1.29, 1.82) is 0 Å². The number of hydrogen-bond donors (Lipinski definition) is 1. The summed E-state index contributed by atoms with van der Waals surface area (Å²) in [6.45, 7) is 5.17. The minimum atomic E-state index is 0.214. The van der Waals surface area contributed by atoms with Crippen LogP contribution in [-0.2, 0) is 11.3 Å². The van der Waals surface area contributed by atoms with Gasteiger partial charge < -0.3 is 9.88 Å². The number of fused-ring (bicyclic) bond motifs is 1. The molecule has 1 aliphatic heterocycles. The van der Waals surface area contributed by atoms with Gasteiger partial charge in [0.2, 0.25) is 5.91 Å². The van der Waals surface area contributed by atoms with Crippen LogP contribution in [0, 0.1) is 0 Å². The Labute approximate surface area is 108 Å². The summed E-state index contributed by atoms with van der Waals surface area (Å²) in [7, 11) is 0. The predicted molar refractivity (Wildman–Crippen MR) is 70.2 cm³/mol. The van der Waals surface area contributed by atoms with Gasteiger partial charge in [-0.15, -0.1) is 0 Å². The number of nitrogens with zero attached hydrogens (tertiary/aromatic N) is 2. The summed E-state index contributed by atoms with van der Waals surface area (Å²) in [5.74, 6) is 0.214. The van der Waals surface area contributed by atoms with Crippen molar-refractivity contribution in [3.8, 4) is 0 Å². The van der Waals surface area contributed by atoms with E-state index in [-0.39, 0.29) is 5.91 Å². The maximum atomic E-state index is 11.7. The number of carbonyl (C=O) groups excluding carboxylic acids is 1. The van der Waals surface area contributed by atoms with E-state index < -0.39 is 0 Å². The summed E-state index contributed by atoms with van der Waals surface area (Å²) in [5.41, 5.74) is 1.36. The van der Waals surface area contributed by atoms with Gasteiger partial charge >= 0.3 is 0 Å². The third kappa shape index (κ3) is 2.43. The molecule has 1 saturated carbocycles. The number of nitrogens with one attached hydrogen (secondary N) is 1. The molecule has 0 radical (unpaired) electrons. The molecule has 1 fully saturated rings. The molecule has 0 unspecified atom stereocenters. The molecule has 1 aliphatic carbocycles. The van der Waals surface area contributed by atoms with Crippen LogP contribution in [0.5, 0.6) is 0 Å². The molecule has 2 aliphatic rings. The Morgan fingerprint density at radius 3 is 3.06 bits per heavy atom. The van der Waals surface area contributed by atoms with Crippen molar-refractivity contribution in [2.24, 2.45) is 0 Å². The van der Waals surface area contributed by atoms with Crippen molar-refractivity contribution in [3.05, 3.63) is 24.0 Å². The topological polar surface area (TPSA) is 37.3 Å². The summed E-state index contributed by atoms with van der Waals surface area (Å²) in [6, 6.07) is 5.19. The van der Waals surface area contributed by atoms with Crippen LogP contribution in [0.3, 0.4) is 0 Å². The van der Waals surface area contributed by atoms with Crippen LogP contribution in [0.25, 0.3) is 0 Å². The normalized spacial score (nSPS) is 23.7. The first kappa shape index (κ1) is 11.8. The van der Waals surface area contributed by atoms with Crippen LogP contribution in [0.15, 0.2) is 18.3 Å². The molecule has 2 heterocycles. The first-order valence-corrected chi connectivity index (χ1v) is 6.92. The summed E-state index contributed by atoms with van der Waals surface area (Å²) < 4.78 is 2.31. The molecule has 18 heavy (non-hydrogen) atoms. The fraction of sp³-hybridized carbons (Fsp3) is 0.643. The molecule has 4 heteroatoms. The summed E-state index contributed by atoms with van der Waals surface area (Å²) in [5, 5.41) is 3.05. The number of hydrogen-bond acceptors (Lipinski definition) is 2. The SMILES string of the molecule is C[C@@H]1c2cccn2CCN1CCC(=O)NC1CC1. The zero-order valence-corrected chi connectivity index (χ0v) is 10.9. The van der Waals surface area contributed by atoms with E-state index in [1.165, 1.54) is 18.5 Å². The van der Waals surface area contributed by atoms with Crippen LogP contribution in [-0.4, -0.2) is 34.5 Å². The molecule has 0 saturated heterocycles. The second-order valence-corrected chi connectivity index (χ2v) is 5.43. The van der Waals surface area contributed by atoms with Crippen LogP contribution in [0.2, 0.25) is 0 Å². The lowest BCUT2D eigenvalue weighted by atomic mass is 10.1. The second-order valence-electron chi connectivity index (χ2n) is 5.43. The summed E-state index contributed by atoms with van der Waals surface area (Å²) >= 11 is 0. The lowest BCUT2D eigenvalue weighted by Crippen LogP contribution is -2.39. The molecular weight excluding hydrogens is 226 g/mol. The molecular formula is C14H21N3O. The van der Waals surface area contributed by atoms with Crippen molar-refractivity contribution in [1.82, 2.24) is 14.8 Å². The van der Waals surface area contributed by atoms with E-state index in [4.69, 9.17) is 0 Å². The molecule has 1 atom stereocenters. The van der Waals surface area contributed by atoms with Gasteiger partial charge in [0, 0.05) is 50.0 Å². The van der Waals surface area contributed by atoms with Gasteiger partial charge in [-0.3, -0.25) is 9.69 Å². The van der Waals surface area contributed by atoms with E-state index in [0.29, 0.717) is 18.5 Å². The number of aromatic nitrogens is 1. The Morgan fingerprint density at radius 2 is 2.28 bits per heavy atom. The van der Waals surface area contributed by atoms with Gasteiger partial charge in [0.25, 0.3) is 0 Å². The first-order chi connectivity index (χ1) is 8.74. The minimum absolute atomic E-state index is 0.214. The average Bonchev–Trinajstić information content (AvgIpc) is 3.03. The average molecular weight is 247 g/mol. The monoisotopic (exact) mass is 247 g/mol. The van der Waals surface area contributed by atoms with Gasteiger partial charge in [0.05, 0.1) is 0 Å². The second kappa shape index (κ2) is 4.76. The predicted octanol–water partition coefficient (Wildman–Crippen LogP) is 1.53. The van der Waals surface area contributed by atoms with Crippen molar-refractivity contribution in [2.45, 2.75) is 44.8 Å². The lowest BCUT2D eigenvalue weighted by molar-refractivity contribution is -0.121. The number of amides is 1. The molecule has 1 aromatic rings. The van der Waals surface area contributed by atoms with Crippen LogP contribution in [0.4, 0.5) is 0 Å². The molecule has 4 nitrogen and oxygen atoms in total.